The molecule has 0 amide bonds. The second-order valence-corrected chi connectivity index (χ2v) is 9.86. The molecule has 1 saturated heterocycles. The highest BCUT2D eigenvalue weighted by atomic mass is 16.5. The quantitative estimate of drug-likeness (QED) is 0.305. The number of aromatic nitrogens is 2. The van der Waals surface area contributed by atoms with E-state index in [1.54, 1.807) is 0 Å². The van der Waals surface area contributed by atoms with Crippen molar-refractivity contribution in [1.29, 1.82) is 0 Å². The number of likely N-dealkylation sites (tertiary alicyclic amines) is 1. The van der Waals surface area contributed by atoms with Gasteiger partial charge in [-0.3, -0.25) is 4.90 Å². The van der Waals surface area contributed by atoms with Gasteiger partial charge in [0.25, 0.3) is 0 Å². The number of imidazole rings is 1. The molecule has 0 bridgehead atoms. The minimum absolute atomic E-state index is 0.239. The third kappa shape index (κ3) is 7.34. The first-order valence-electron chi connectivity index (χ1n) is 13.3. The molecular weight excluding hydrogens is 450 g/mol. The molecule has 3 aromatic rings. The van der Waals surface area contributed by atoms with Crippen LogP contribution >= 0.6 is 0 Å². The van der Waals surface area contributed by atoms with Gasteiger partial charge in [0, 0.05) is 45.6 Å². The summed E-state index contributed by atoms with van der Waals surface area (Å²) in [7, 11) is 1.82. The van der Waals surface area contributed by atoms with E-state index in [0.717, 1.165) is 75.6 Å². The molecule has 2 aromatic carbocycles. The van der Waals surface area contributed by atoms with Crippen LogP contribution in [-0.2, 0) is 24.2 Å². The lowest BCUT2D eigenvalue weighted by atomic mass is 9.95. The first-order chi connectivity index (χ1) is 17.6. The van der Waals surface area contributed by atoms with Crippen molar-refractivity contribution in [3.8, 4) is 11.5 Å². The summed E-state index contributed by atoms with van der Waals surface area (Å²) in [4.78, 5) is 6.91. The standard InChI is InChI=1S/C30H41N3O3/c1-4-29-31-16-20-33(29)18-7-21-35-28-9-5-8-26(22-28)23-32-17-6-14-30(34-3,15-19-32)24-36-27-12-10-25(2)11-13-27/h5,8-13,16,20,22H,4,6-7,14-15,17-19,21,23-24H2,1-3H3/t30-/m1/s1. The number of aryl methyl sites for hydroxylation is 3. The zero-order chi connectivity index (χ0) is 25.2. The van der Waals surface area contributed by atoms with E-state index in [2.05, 4.69) is 64.7 Å². The molecule has 1 fully saturated rings. The second-order valence-electron chi connectivity index (χ2n) is 9.86. The second kappa shape index (κ2) is 12.9. The smallest absolute Gasteiger partial charge is 0.119 e. The topological polar surface area (TPSA) is 48.8 Å². The lowest BCUT2D eigenvalue weighted by molar-refractivity contribution is -0.0541. The van der Waals surface area contributed by atoms with Crippen LogP contribution in [0.2, 0.25) is 0 Å². The van der Waals surface area contributed by atoms with Crippen LogP contribution < -0.4 is 9.47 Å². The Bertz CT molecular complexity index is 1070. The van der Waals surface area contributed by atoms with Crippen molar-refractivity contribution in [1.82, 2.24) is 14.5 Å². The summed E-state index contributed by atoms with van der Waals surface area (Å²) in [5.41, 5.74) is 2.29. The molecule has 1 atom stereocenters. The Morgan fingerprint density at radius 3 is 2.67 bits per heavy atom. The van der Waals surface area contributed by atoms with Crippen LogP contribution in [0.3, 0.4) is 0 Å². The first-order valence-corrected chi connectivity index (χ1v) is 13.3. The maximum absolute atomic E-state index is 6.14. The summed E-state index contributed by atoms with van der Waals surface area (Å²) in [6.07, 6.45) is 8.90. The summed E-state index contributed by atoms with van der Waals surface area (Å²) >= 11 is 0. The van der Waals surface area contributed by atoms with Crippen LogP contribution in [0.4, 0.5) is 0 Å². The van der Waals surface area contributed by atoms with E-state index in [1.165, 1.54) is 11.1 Å². The number of methoxy groups -OCH3 is 1. The molecule has 1 aliphatic rings. The van der Waals surface area contributed by atoms with Crippen molar-refractivity contribution in [2.24, 2.45) is 0 Å². The third-order valence-electron chi connectivity index (χ3n) is 7.18. The SMILES string of the molecule is CCc1nccn1CCCOc1cccc(CN2CCC[C@@](COc3ccc(C)cc3)(OC)CC2)c1. The van der Waals surface area contributed by atoms with Gasteiger partial charge in [-0.15, -0.1) is 0 Å². The number of hydrogen-bond donors (Lipinski definition) is 0. The van der Waals surface area contributed by atoms with Crippen molar-refractivity contribution < 1.29 is 14.2 Å². The fraction of sp³-hybridized carbons (Fsp3) is 0.500. The Hall–Kier alpha value is -2.83. The van der Waals surface area contributed by atoms with Gasteiger partial charge in [-0.1, -0.05) is 36.8 Å². The predicted molar refractivity (Wildman–Crippen MR) is 144 cm³/mol. The lowest BCUT2D eigenvalue weighted by Gasteiger charge is -2.31. The molecule has 36 heavy (non-hydrogen) atoms. The molecular formula is C30H41N3O3. The Kier molecular flexibility index (Phi) is 9.42. The minimum atomic E-state index is -0.239. The summed E-state index contributed by atoms with van der Waals surface area (Å²) < 4.78 is 20.5. The van der Waals surface area contributed by atoms with Crippen molar-refractivity contribution in [3.05, 3.63) is 77.9 Å². The highest BCUT2D eigenvalue weighted by molar-refractivity contribution is 5.28. The van der Waals surface area contributed by atoms with E-state index in [4.69, 9.17) is 14.2 Å². The van der Waals surface area contributed by atoms with Crippen LogP contribution in [0.25, 0.3) is 0 Å². The fourth-order valence-corrected chi connectivity index (χ4v) is 4.91. The van der Waals surface area contributed by atoms with Gasteiger partial charge in [0.2, 0.25) is 0 Å². The molecule has 1 aromatic heterocycles. The summed E-state index contributed by atoms with van der Waals surface area (Å²) in [6, 6.07) is 16.8. The van der Waals surface area contributed by atoms with Gasteiger partial charge in [0.15, 0.2) is 0 Å². The number of hydrogen-bond acceptors (Lipinski definition) is 5. The van der Waals surface area contributed by atoms with E-state index < -0.39 is 0 Å². The number of ether oxygens (including phenoxy) is 3. The molecule has 0 radical (unpaired) electrons. The zero-order valence-electron chi connectivity index (χ0n) is 22.1. The monoisotopic (exact) mass is 491 g/mol. The van der Waals surface area contributed by atoms with Gasteiger partial charge in [-0.2, -0.15) is 0 Å². The molecule has 6 heteroatoms. The molecule has 2 heterocycles. The normalized spacial score (nSPS) is 18.6. The van der Waals surface area contributed by atoms with Gasteiger partial charge < -0.3 is 18.8 Å². The molecule has 0 N–H and O–H groups in total. The molecule has 0 unspecified atom stereocenters. The van der Waals surface area contributed by atoms with Gasteiger partial charge >= 0.3 is 0 Å². The number of nitrogens with zero attached hydrogens (tertiary/aromatic N) is 3. The Morgan fingerprint density at radius 2 is 1.86 bits per heavy atom. The van der Waals surface area contributed by atoms with E-state index in [-0.39, 0.29) is 5.60 Å². The van der Waals surface area contributed by atoms with Gasteiger partial charge in [0.1, 0.15) is 29.5 Å². The molecule has 0 saturated carbocycles. The summed E-state index contributed by atoms with van der Waals surface area (Å²) in [5.74, 6) is 2.99. The van der Waals surface area contributed by atoms with Gasteiger partial charge in [-0.25, -0.2) is 4.98 Å². The largest absolute Gasteiger partial charge is 0.494 e. The fourth-order valence-electron chi connectivity index (χ4n) is 4.91. The number of rotatable bonds is 12. The van der Waals surface area contributed by atoms with Crippen LogP contribution in [0.1, 0.15) is 49.6 Å². The number of benzene rings is 2. The highest BCUT2D eigenvalue weighted by Crippen LogP contribution is 2.28. The molecule has 1 aliphatic heterocycles. The maximum atomic E-state index is 6.14. The highest BCUT2D eigenvalue weighted by Gasteiger charge is 2.33. The van der Waals surface area contributed by atoms with Gasteiger partial charge in [-0.05, 0) is 69.0 Å². The summed E-state index contributed by atoms with van der Waals surface area (Å²) in [6.45, 7) is 9.42. The van der Waals surface area contributed by atoms with Crippen LogP contribution in [0.15, 0.2) is 60.9 Å². The lowest BCUT2D eigenvalue weighted by Crippen LogP contribution is -2.39. The van der Waals surface area contributed by atoms with Crippen molar-refractivity contribution >= 4 is 0 Å². The van der Waals surface area contributed by atoms with E-state index in [1.807, 2.05) is 31.6 Å². The Labute approximate surface area is 216 Å². The van der Waals surface area contributed by atoms with Gasteiger partial charge in [0.05, 0.1) is 6.61 Å². The molecule has 4 rings (SSSR count). The minimum Gasteiger partial charge on any atom is -0.494 e. The Morgan fingerprint density at radius 1 is 1.00 bits per heavy atom. The van der Waals surface area contributed by atoms with E-state index in [0.29, 0.717) is 13.2 Å². The van der Waals surface area contributed by atoms with Crippen LogP contribution in [0.5, 0.6) is 11.5 Å². The molecule has 0 spiro atoms. The van der Waals surface area contributed by atoms with Crippen molar-refractivity contribution in [2.45, 2.75) is 64.6 Å². The average Bonchev–Trinajstić information content (AvgIpc) is 3.27. The molecule has 0 aliphatic carbocycles. The Balaban J connectivity index is 1.25. The molecule has 194 valence electrons. The molecule has 6 nitrogen and oxygen atoms in total. The van der Waals surface area contributed by atoms with E-state index in [9.17, 15) is 0 Å². The maximum Gasteiger partial charge on any atom is 0.119 e. The van der Waals surface area contributed by atoms with E-state index >= 15 is 0 Å². The third-order valence-corrected chi connectivity index (χ3v) is 7.18. The van der Waals surface area contributed by atoms with Crippen molar-refractivity contribution in [3.63, 3.8) is 0 Å². The predicted octanol–water partition coefficient (Wildman–Crippen LogP) is 5.67. The zero-order valence-corrected chi connectivity index (χ0v) is 22.1. The van der Waals surface area contributed by atoms with Crippen molar-refractivity contribution in [2.75, 3.05) is 33.4 Å². The first kappa shape index (κ1) is 26.2. The average molecular weight is 492 g/mol. The van der Waals surface area contributed by atoms with Crippen LogP contribution in [-0.4, -0.2) is 53.5 Å². The van der Waals surface area contributed by atoms with Crippen LogP contribution in [0, 0.1) is 6.92 Å². The summed E-state index contributed by atoms with van der Waals surface area (Å²) in [5, 5.41) is 0.